The van der Waals surface area contributed by atoms with E-state index in [0.717, 1.165) is 6.42 Å². The van der Waals surface area contributed by atoms with E-state index in [9.17, 15) is 13.2 Å². The molecule has 1 saturated heterocycles. The molecule has 2 heterocycles. The Labute approximate surface area is 174 Å². The van der Waals surface area contributed by atoms with Gasteiger partial charge in [0.2, 0.25) is 5.91 Å². The fourth-order valence-corrected chi connectivity index (χ4v) is 4.72. The molecule has 0 saturated carbocycles. The standard InChI is InChI=1S/C18H33N5O3S.ClH/c1-13(2)16(19)8-9-21(4)18(24)15-6-10-23(11-7-15)27(25,26)17-12-22(5)14(3)20-17;/h12-13,15-16H,6-11,19H2,1-5H3;1H. The number of aryl methyl sites for hydroxylation is 2. The van der Waals surface area contributed by atoms with Gasteiger partial charge in [0.15, 0.2) is 5.03 Å². The molecule has 1 amide bonds. The Morgan fingerprint density at radius 2 is 1.93 bits per heavy atom. The van der Waals surface area contributed by atoms with Crippen molar-refractivity contribution in [1.29, 1.82) is 0 Å². The lowest BCUT2D eigenvalue weighted by atomic mass is 9.96. The van der Waals surface area contributed by atoms with E-state index in [1.807, 2.05) is 0 Å². The largest absolute Gasteiger partial charge is 0.345 e. The Morgan fingerprint density at radius 1 is 1.36 bits per heavy atom. The van der Waals surface area contributed by atoms with Gasteiger partial charge in [0.1, 0.15) is 5.82 Å². The molecule has 1 unspecified atom stereocenters. The van der Waals surface area contributed by atoms with Gasteiger partial charge >= 0.3 is 0 Å². The molecular formula is C18H34ClN5O3S. The van der Waals surface area contributed by atoms with E-state index < -0.39 is 10.0 Å². The van der Waals surface area contributed by atoms with Gasteiger partial charge in [-0.2, -0.15) is 4.31 Å². The van der Waals surface area contributed by atoms with Crippen molar-refractivity contribution < 1.29 is 13.2 Å². The number of halogens is 1. The summed E-state index contributed by atoms with van der Waals surface area (Å²) in [5.74, 6) is 0.982. The average molecular weight is 436 g/mol. The van der Waals surface area contributed by atoms with E-state index >= 15 is 0 Å². The Kier molecular flexibility index (Phi) is 8.92. The molecule has 1 aromatic rings. The SMILES string of the molecule is Cc1nc(S(=O)(=O)N2CCC(C(=O)N(C)CCC(N)C(C)C)CC2)cn1C.Cl. The number of carbonyl (C=O) groups excluding carboxylic acids is 1. The Bertz CT molecular complexity index is 738. The van der Waals surface area contributed by atoms with Crippen molar-refractivity contribution in [3.05, 3.63) is 12.0 Å². The van der Waals surface area contributed by atoms with Gasteiger partial charge in [-0.05, 0) is 32.1 Å². The topological polar surface area (TPSA) is 102 Å². The van der Waals surface area contributed by atoms with E-state index in [1.54, 1.807) is 30.5 Å². The summed E-state index contributed by atoms with van der Waals surface area (Å²) in [6, 6.07) is 0.0778. The number of imidazole rings is 1. The molecule has 0 aromatic carbocycles. The molecule has 2 rings (SSSR count). The Morgan fingerprint density at radius 3 is 2.39 bits per heavy atom. The molecule has 0 aliphatic carbocycles. The third-order valence-electron chi connectivity index (χ3n) is 5.52. The van der Waals surface area contributed by atoms with Crippen LogP contribution in [0.3, 0.4) is 0 Å². The summed E-state index contributed by atoms with van der Waals surface area (Å²) in [5.41, 5.74) is 6.06. The monoisotopic (exact) mass is 435 g/mol. The maximum Gasteiger partial charge on any atom is 0.262 e. The number of carbonyl (C=O) groups is 1. The first kappa shape index (κ1) is 24.9. The predicted molar refractivity (Wildman–Crippen MR) is 112 cm³/mol. The maximum absolute atomic E-state index is 12.7. The highest BCUT2D eigenvalue weighted by atomic mass is 35.5. The third kappa shape index (κ3) is 5.68. The minimum absolute atomic E-state index is 0. The molecule has 1 aliphatic rings. The summed E-state index contributed by atoms with van der Waals surface area (Å²) >= 11 is 0. The zero-order valence-electron chi connectivity index (χ0n) is 17.5. The van der Waals surface area contributed by atoms with Crippen LogP contribution < -0.4 is 5.73 Å². The summed E-state index contributed by atoms with van der Waals surface area (Å²) < 4.78 is 28.6. The van der Waals surface area contributed by atoms with Crippen LogP contribution >= 0.6 is 12.4 Å². The van der Waals surface area contributed by atoms with Crippen LogP contribution in [0.5, 0.6) is 0 Å². The normalized spacial score (nSPS) is 17.4. The fourth-order valence-electron chi connectivity index (χ4n) is 3.22. The summed E-state index contributed by atoms with van der Waals surface area (Å²) in [6.07, 6.45) is 3.37. The molecule has 1 aliphatic heterocycles. The smallest absolute Gasteiger partial charge is 0.262 e. The second-order valence-corrected chi connectivity index (χ2v) is 9.76. The first-order valence-corrected chi connectivity index (χ1v) is 11.0. The summed E-state index contributed by atoms with van der Waals surface area (Å²) in [6.45, 7) is 7.23. The molecule has 1 aromatic heterocycles. The van der Waals surface area contributed by atoms with E-state index in [1.165, 1.54) is 10.5 Å². The van der Waals surface area contributed by atoms with Crippen LogP contribution in [0.1, 0.15) is 38.9 Å². The first-order chi connectivity index (χ1) is 12.5. The minimum Gasteiger partial charge on any atom is -0.345 e. The lowest BCUT2D eigenvalue weighted by Gasteiger charge is -2.32. The van der Waals surface area contributed by atoms with Crippen molar-refractivity contribution in [2.45, 2.75) is 51.1 Å². The van der Waals surface area contributed by atoms with E-state index in [4.69, 9.17) is 5.73 Å². The lowest BCUT2D eigenvalue weighted by Crippen LogP contribution is -2.44. The number of hydrogen-bond donors (Lipinski definition) is 1. The highest BCUT2D eigenvalue weighted by molar-refractivity contribution is 7.89. The van der Waals surface area contributed by atoms with Crippen LogP contribution in [-0.4, -0.2) is 65.8 Å². The maximum atomic E-state index is 12.7. The van der Waals surface area contributed by atoms with Crippen molar-refractivity contribution in [1.82, 2.24) is 18.8 Å². The zero-order chi connectivity index (χ0) is 20.4. The van der Waals surface area contributed by atoms with Crippen molar-refractivity contribution in [3.63, 3.8) is 0 Å². The van der Waals surface area contributed by atoms with Crippen LogP contribution in [0, 0.1) is 18.8 Å². The summed E-state index contributed by atoms with van der Waals surface area (Å²) in [4.78, 5) is 18.5. The third-order valence-corrected chi connectivity index (χ3v) is 7.29. The molecular weight excluding hydrogens is 402 g/mol. The zero-order valence-corrected chi connectivity index (χ0v) is 19.1. The quantitative estimate of drug-likeness (QED) is 0.697. The summed E-state index contributed by atoms with van der Waals surface area (Å²) in [7, 11) is -0.0323. The molecule has 0 radical (unpaired) electrons. The minimum atomic E-state index is -3.60. The molecule has 0 bridgehead atoms. The van der Waals surface area contributed by atoms with Gasteiger partial charge in [0.25, 0.3) is 10.0 Å². The van der Waals surface area contributed by atoms with Crippen LogP contribution in [0.4, 0.5) is 0 Å². The van der Waals surface area contributed by atoms with Crippen LogP contribution in [0.15, 0.2) is 11.2 Å². The van der Waals surface area contributed by atoms with Gasteiger partial charge in [-0.25, -0.2) is 13.4 Å². The van der Waals surface area contributed by atoms with Gasteiger partial charge in [-0.1, -0.05) is 13.8 Å². The Balaban J connectivity index is 0.00000392. The molecule has 1 fully saturated rings. The second-order valence-electron chi connectivity index (χ2n) is 7.87. The van der Waals surface area contributed by atoms with Gasteiger partial charge < -0.3 is 15.2 Å². The lowest BCUT2D eigenvalue weighted by molar-refractivity contribution is -0.135. The van der Waals surface area contributed by atoms with Gasteiger partial charge in [-0.3, -0.25) is 4.79 Å². The van der Waals surface area contributed by atoms with Crippen molar-refractivity contribution in [3.8, 4) is 0 Å². The highest BCUT2D eigenvalue weighted by Gasteiger charge is 2.34. The predicted octanol–water partition coefficient (Wildman–Crippen LogP) is 1.38. The van der Waals surface area contributed by atoms with E-state index in [-0.39, 0.29) is 35.3 Å². The number of hydrogen-bond acceptors (Lipinski definition) is 5. The average Bonchev–Trinajstić information content (AvgIpc) is 2.98. The van der Waals surface area contributed by atoms with Crippen molar-refractivity contribution in [2.24, 2.45) is 24.6 Å². The number of nitrogens with zero attached hydrogens (tertiary/aromatic N) is 4. The van der Waals surface area contributed by atoms with Crippen LogP contribution in [-0.2, 0) is 21.9 Å². The Hall–Kier alpha value is -1.16. The number of rotatable bonds is 7. The number of sulfonamides is 1. The van der Waals surface area contributed by atoms with Crippen molar-refractivity contribution in [2.75, 3.05) is 26.7 Å². The number of piperidine rings is 1. The first-order valence-electron chi connectivity index (χ1n) is 9.54. The number of amides is 1. The molecule has 2 N–H and O–H groups in total. The van der Waals surface area contributed by atoms with E-state index in [0.29, 0.717) is 44.2 Å². The molecule has 8 nitrogen and oxygen atoms in total. The van der Waals surface area contributed by atoms with Gasteiger partial charge in [0.05, 0.1) is 0 Å². The number of aromatic nitrogens is 2. The summed E-state index contributed by atoms with van der Waals surface area (Å²) in [5, 5.41) is 0.0760. The van der Waals surface area contributed by atoms with Gasteiger partial charge in [0, 0.05) is 51.9 Å². The molecule has 10 heteroatoms. The van der Waals surface area contributed by atoms with Crippen molar-refractivity contribution >= 4 is 28.3 Å². The van der Waals surface area contributed by atoms with Crippen LogP contribution in [0.25, 0.3) is 0 Å². The molecule has 162 valence electrons. The molecule has 1 atom stereocenters. The highest BCUT2D eigenvalue weighted by Crippen LogP contribution is 2.24. The van der Waals surface area contributed by atoms with E-state index in [2.05, 4.69) is 18.8 Å². The van der Waals surface area contributed by atoms with Crippen LogP contribution in [0.2, 0.25) is 0 Å². The molecule has 28 heavy (non-hydrogen) atoms. The van der Waals surface area contributed by atoms with Gasteiger partial charge in [-0.15, -0.1) is 12.4 Å². The molecule has 0 spiro atoms. The fraction of sp³-hybridized carbons (Fsp3) is 0.778. The number of nitrogens with two attached hydrogens (primary N) is 1. The second kappa shape index (κ2) is 10.0.